The predicted molar refractivity (Wildman–Crippen MR) is 104 cm³/mol. The van der Waals surface area contributed by atoms with Gasteiger partial charge in [-0.3, -0.25) is 4.79 Å². The molecule has 0 saturated heterocycles. The van der Waals surface area contributed by atoms with Crippen LogP contribution in [-0.2, 0) is 21.7 Å². The van der Waals surface area contributed by atoms with Gasteiger partial charge in [0, 0.05) is 13.5 Å². The first-order chi connectivity index (χ1) is 13.4. The van der Waals surface area contributed by atoms with Crippen molar-refractivity contribution < 1.29 is 27.1 Å². The lowest BCUT2D eigenvalue weighted by atomic mass is 10.1. The minimum Gasteiger partial charge on any atom is -0.493 e. The fourth-order valence-corrected chi connectivity index (χ4v) is 2.25. The molecule has 1 N–H and O–H groups in total. The van der Waals surface area contributed by atoms with E-state index < -0.39 is 10.5 Å². The van der Waals surface area contributed by atoms with Crippen LogP contribution in [0, 0.1) is 5.82 Å². The quantitative estimate of drug-likeness (QED) is 0.706. The van der Waals surface area contributed by atoms with E-state index in [1.165, 1.54) is 13.0 Å². The Hall–Kier alpha value is -2.94. The summed E-state index contributed by atoms with van der Waals surface area (Å²) in [6.45, 7) is 3.79. The van der Waals surface area contributed by atoms with E-state index in [4.69, 9.17) is 9.47 Å². The van der Waals surface area contributed by atoms with E-state index in [-0.39, 0.29) is 30.6 Å². The summed E-state index contributed by atoms with van der Waals surface area (Å²) in [7, 11) is -0.784. The third kappa shape index (κ3) is 8.63. The maximum atomic E-state index is 13.5. The van der Waals surface area contributed by atoms with Gasteiger partial charge in [-0.25, -0.2) is 4.39 Å². The SMILES string of the molecule is CC(=O)NCCN=S(=O)=O.CCc1ccc(Oc2ccccc2F)c(OC)c1. The molecule has 0 saturated carbocycles. The molecule has 0 aliphatic rings. The van der Waals surface area contributed by atoms with Crippen molar-refractivity contribution in [3.8, 4) is 17.2 Å². The number of carbonyl (C=O) groups is 1. The van der Waals surface area contributed by atoms with Gasteiger partial charge in [0.05, 0.1) is 13.7 Å². The summed E-state index contributed by atoms with van der Waals surface area (Å²) in [5.74, 6) is 0.739. The molecule has 0 aromatic heterocycles. The van der Waals surface area contributed by atoms with E-state index in [0.29, 0.717) is 11.5 Å². The standard InChI is InChI=1S/C15H15FO2.C4H8N2O3S/c1-3-11-8-9-14(15(10-11)17-2)18-13-7-5-4-6-12(13)16;1-4(7)5-2-3-6-10(8)9/h4-10H,3H2,1-2H3;2-3H2,1H3,(H,5,7). The number of amides is 1. The van der Waals surface area contributed by atoms with Gasteiger partial charge in [-0.2, -0.15) is 12.8 Å². The Morgan fingerprint density at radius 2 is 1.86 bits per heavy atom. The molecule has 0 atom stereocenters. The molecule has 0 bridgehead atoms. The Morgan fingerprint density at radius 3 is 2.43 bits per heavy atom. The van der Waals surface area contributed by atoms with E-state index in [2.05, 4.69) is 16.6 Å². The summed E-state index contributed by atoms with van der Waals surface area (Å²) < 4.78 is 46.9. The predicted octanol–water partition coefficient (Wildman–Crippen LogP) is 3.37. The van der Waals surface area contributed by atoms with Crippen LogP contribution < -0.4 is 14.8 Å². The van der Waals surface area contributed by atoms with Crippen LogP contribution in [0.5, 0.6) is 17.2 Å². The lowest BCUT2D eigenvalue weighted by molar-refractivity contribution is -0.118. The summed E-state index contributed by atoms with van der Waals surface area (Å²) in [6.07, 6.45) is 0.913. The van der Waals surface area contributed by atoms with E-state index in [1.807, 2.05) is 12.1 Å². The molecule has 28 heavy (non-hydrogen) atoms. The fraction of sp³-hybridized carbons (Fsp3) is 0.316. The highest BCUT2D eigenvalue weighted by Crippen LogP contribution is 2.33. The number of halogens is 1. The van der Waals surface area contributed by atoms with Gasteiger partial charge in [-0.05, 0) is 36.2 Å². The number of carbonyl (C=O) groups excluding carboxylic acids is 1. The molecule has 0 radical (unpaired) electrons. The number of aryl methyl sites for hydroxylation is 1. The van der Waals surface area contributed by atoms with Crippen molar-refractivity contribution in [1.82, 2.24) is 5.32 Å². The number of nitrogens with zero attached hydrogens (tertiary/aromatic N) is 1. The van der Waals surface area contributed by atoms with Crippen molar-refractivity contribution in [3.05, 3.63) is 53.8 Å². The van der Waals surface area contributed by atoms with Crippen LogP contribution in [0.15, 0.2) is 46.8 Å². The van der Waals surface area contributed by atoms with Crippen LogP contribution in [0.2, 0.25) is 0 Å². The number of methoxy groups -OCH3 is 1. The second-order valence-electron chi connectivity index (χ2n) is 5.42. The lowest BCUT2D eigenvalue weighted by Gasteiger charge is -2.11. The molecular formula is C19H23FN2O5S. The molecule has 0 spiro atoms. The minimum atomic E-state index is -2.36. The van der Waals surface area contributed by atoms with Gasteiger partial charge in [-0.1, -0.05) is 25.1 Å². The Kier molecular flexibility index (Phi) is 10.3. The molecule has 0 aliphatic carbocycles. The third-order valence-corrected chi connectivity index (χ3v) is 3.77. The number of hydrogen-bond donors (Lipinski definition) is 1. The largest absolute Gasteiger partial charge is 0.493 e. The second kappa shape index (κ2) is 12.4. The van der Waals surface area contributed by atoms with Gasteiger partial charge < -0.3 is 14.8 Å². The molecule has 0 unspecified atom stereocenters. The molecule has 0 heterocycles. The average molecular weight is 410 g/mol. The molecule has 2 rings (SSSR count). The van der Waals surface area contributed by atoms with Gasteiger partial charge in [0.15, 0.2) is 23.1 Å². The molecule has 152 valence electrons. The van der Waals surface area contributed by atoms with Crippen molar-refractivity contribution in [3.63, 3.8) is 0 Å². The van der Waals surface area contributed by atoms with Gasteiger partial charge in [0.25, 0.3) is 0 Å². The maximum Gasteiger partial charge on any atom is 0.311 e. The number of rotatable bonds is 7. The number of para-hydroxylation sites is 1. The van der Waals surface area contributed by atoms with Crippen molar-refractivity contribution in [1.29, 1.82) is 0 Å². The molecular weight excluding hydrogens is 387 g/mol. The van der Waals surface area contributed by atoms with E-state index in [1.54, 1.807) is 31.4 Å². The Balaban J connectivity index is 0.000000336. The van der Waals surface area contributed by atoms with Crippen molar-refractivity contribution >= 4 is 16.4 Å². The van der Waals surface area contributed by atoms with Crippen LogP contribution in [0.25, 0.3) is 0 Å². The topological polar surface area (TPSA) is 94.1 Å². The number of ether oxygens (including phenoxy) is 2. The normalized spacial score (nSPS) is 9.57. The van der Waals surface area contributed by atoms with Crippen LogP contribution in [-0.4, -0.2) is 34.5 Å². The first-order valence-electron chi connectivity index (χ1n) is 8.48. The Bertz CT molecular complexity index is 908. The van der Waals surface area contributed by atoms with Crippen molar-refractivity contribution in [2.24, 2.45) is 4.36 Å². The van der Waals surface area contributed by atoms with Crippen molar-refractivity contribution in [2.45, 2.75) is 20.3 Å². The Labute approximate surface area is 165 Å². The average Bonchev–Trinajstić information content (AvgIpc) is 2.67. The highest BCUT2D eigenvalue weighted by Gasteiger charge is 2.09. The first kappa shape index (κ1) is 23.1. The summed E-state index contributed by atoms with van der Waals surface area (Å²) in [5, 5.41) is 2.39. The zero-order valence-corrected chi connectivity index (χ0v) is 16.8. The fourth-order valence-electron chi connectivity index (χ4n) is 2.01. The Morgan fingerprint density at radius 1 is 1.14 bits per heavy atom. The van der Waals surface area contributed by atoms with Gasteiger partial charge in [-0.15, -0.1) is 0 Å². The molecule has 1 amide bonds. The van der Waals surface area contributed by atoms with Gasteiger partial charge in [0.1, 0.15) is 0 Å². The third-order valence-electron chi connectivity index (χ3n) is 3.38. The zero-order chi connectivity index (χ0) is 20.9. The van der Waals surface area contributed by atoms with Crippen LogP contribution in [0.1, 0.15) is 19.4 Å². The molecule has 2 aromatic rings. The number of hydrogen-bond acceptors (Lipinski definition) is 6. The zero-order valence-electron chi connectivity index (χ0n) is 15.9. The molecule has 0 fully saturated rings. The minimum absolute atomic E-state index is 0.107. The summed E-state index contributed by atoms with van der Waals surface area (Å²) >= 11 is 0. The van der Waals surface area contributed by atoms with E-state index >= 15 is 0 Å². The summed E-state index contributed by atoms with van der Waals surface area (Å²) in [6, 6.07) is 11.9. The van der Waals surface area contributed by atoms with Gasteiger partial charge >= 0.3 is 10.5 Å². The second-order valence-corrected chi connectivity index (χ2v) is 6.12. The van der Waals surface area contributed by atoms with E-state index in [0.717, 1.165) is 12.0 Å². The molecule has 7 nitrogen and oxygen atoms in total. The monoisotopic (exact) mass is 410 g/mol. The highest BCUT2D eigenvalue weighted by atomic mass is 32.2. The van der Waals surface area contributed by atoms with Crippen LogP contribution >= 0.6 is 0 Å². The number of benzene rings is 2. The lowest BCUT2D eigenvalue weighted by Crippen LogP contribution is -2.22. The summed E-state index contributed by atoms with van der Waals surface area (Å²) in [5.41, 5.74) is 1.15. The van der Waals surface area contributed by atoms with E-state index in [9.17, 15) is 17.6 Å². The van der Waals surface area contributed by atoms with Gasteiger partial charge in [0.2, 0.25) is 5.91 Å². The van der Waals surface area contributed by atoms with Crippen LogP contribution in [0.3, 0.4) is 0 Å². The highest BCUT2D eigenvalue weighted by molar-refractivity contribution is 7.61. The van der Waals surface area contributed by atoms with Crippen molar-refractivity contribution in [2.75, 3.05) is 20.2 Å². The molecule has 2 aromatic carbocycles. The smallest absolute Gasteiger partial charge is 0.311 e. The maximum absolute atomic E-state index is 13.5. The number of nitrogens with one attached hydrogen (secondary N) is 1. The first-order valence-corrected chi connectivity index (χ1v) is 9.51. The van der Waals surface area contributed by atoms with Crippen LogP contribution in [0.4, 0.5) is 4.39 Å². The molecule has 0 aliphatic heterocycles. The molecule has 9 heteroatoms. The summed E-state index contributed by atoms with van der Waals surface area (Å²) in [4.78, 5) is 10.2.